The molecule has 4 nitrogen and oxygen atoms in total. The number of azide groups is 1. The summed E-state index contributed by atoms with van der Waals surface area (Å²) in [5.74, 6) is 0. The van der Waals surface area contributed by atoms with Crippen molar-refractivity contribution >= 4 is 6.08 Å². The summed E-state index contributed by atoms with van der Waals surface area (Å²) in [5.41, 5.74) is 11.2. The minimum absolute atomic E-state index is 0.0591. The van der Waals surface area contributed by atoms with Crippen LogP contribution in [0.4, 0.5) is 0 Å². The third-order valence-corrected chi connectivity index (χ3v) is 2.06. The van der Waals surface area contributed by atoms with E-state index in [1.807, 2.05) is 31.2 Å². The Balaban J connectivity index is 2.77. The van der Waals surface area contributed by atoms with Gasteiger partial charge in [-0.05, 0) is 29.1 Å². The zero-order valence-corrected chi connectivity index (χ0v) is 8.59. The number of aliphatic hydroxyl groups is 1. The average molecular weight is 203 g/mol. The van der Waals surface area contributed by atoms with E-state index in [2.05, 4.69) is 10.0 Å². The molecular weight excluding hydrogens is 190 g/mol. The Morgan fingerprint density at radius 3 is 2.93 bits per heavy atom. The number of benzene rings is 1. The monoisotopic (exact) mass is 203 g/mol. The molecule has 0 heterocycles. The number of aryl methyl sites for hydroxylation is 1. The molecule has 0 aromatic heterocycles. The highest BCUT2D eigenvalue weighted by Crippen LogP contribution is 2.12. The highest BCUT2D eigenvalue weighted by atomic mass is 16.3. The lowest BCUT2D eigenvalue weighted by Crippen LogP contribution is -1.87. The van der Waals surface area contributed by atoms with Gasteiger partial charge in [0.25, 0.3) is 0 Å². The Labute approximate surface area is 88.5 Å². The second-order valence-corrected chi connectivity index (χ2v) is 3.16. The summed E-state index contributed by atoms with van der Waals surface area (Å²) in [6.45, 7) is 2.40. The van der Waals surface area contributed by atoms with Crippen molar-refractivity contribution in [3.8, 4) is 0 Å². The van der Waals surface area contributed by atoms with E-state index >= 15 is 0 Å². The summed E-state index contributed by atoms with van der Waals surface area (Å²) < 4.78 is 0. The molecule has 0 fully saturated rings. The van der Waals surface area contributed by atoms with Crippen LogP contribution in [0.1, 0.15) is 16.7 Å². The Hall–Kier alpha value is -1.77. The first kappa shape index (κ1) is 11.3. The van der Waals surface area contributed by atoms with Gasteiger partial charge in [0.05, 0.1) is 6.61 Å². The summed E-state index contributed by atoms with van der Waals surface area (Å²) >= 11 is 0. The highest BCUT2D eigenvalue weighted by Gasteiger charge is 1.95. The molecule has 1 aromatic carbocycles. The second-order valence-electron chi connectivity index (χ2n) is 3.16. The smallest absolute Gasteiger partial charge is 0.0681 e. The van der Waals surface area contributed by atoms with Crippen LogP contribution >= 0.6 is 0 Å². The van der Waals surface area contributed by atoms with Gasteiger partial charge in [0.2, 0.25) is 0 Å². The van der Waals surface area contributed by atoms with Crippen molar-refractivity contribution in [2.75, 3.05) is 6.54 Å². The maximum Gasteiger partial charge on any atom is 0.0681 e. The molecule has 1 N–H and O–H groups in total. The molecule has 0 bridgehead atoms. The van der Waals surface area contributed by atoms with Crippen LogP contribution in [0.3, 0.4) is 0 Å². The van der Waals surface area contributed by atoms with E-state index in [4.69, 9.17) is 10.6 Å². The van der Waals surface area contributed by atoms with Crippen molar-refractivity contribution < 1.29 is 5.11 Å². The van der Waals surface area contributed by atoms with Crippen LogP contribution in [0.2, 0.25) is 0 Å². The predicted octanol–water partition coefficient (Wildman–Crippen LogP) is 2.81. The van der Waals surface area contributed by atoms with E-state index in [0.717, 1.165) is 16.7 Å². The topological polar surface area (TPSA) is 69.0 Å². The molecule has 1 rings (SSSR count). The SMILES string of the molecule is Cc1cc(CO)ccc1C=CCN=[N+]=[N-]. The molecule has 0 spiro atoms. The molecule has 0 aliphatic carbocycles. The molecule has 78 valence electrons. The van der Waals surface area contributed by atoms with Crippen molar-refractivity contribution in [3.05, 3.63) is 51.4 Å². The van der Waals surface area contributed by atoms with Gasteiger partial charge < -0.3 is 5.11 Å². The lowest BCUT2D eigenvalue weighted by Gasteiger charge is -2.02. The summed E-state index contributed by atoms with van der Waals surface area (Å²) in [7, 11) is 0. The zero-order chi connectivity index (χ0) is 11.1. The molecule has 0 aliphatic rings. The van der Waals surface area contributed by atoms with Crippen LogP contribution < -0.4 is 0 Å². The van der Waals surface area contributed by atoms with Crippen LogP contribution in [0.15, 0.2) is 29.4 Å². The van der Waals surface area contributed by atoms with Gasteiger partial charge in [-0.1, -0.05) is 35.5 Å². The fourth-order valence-corrected chi connectivity index (χ4v) is 1.29. The highest BCUT2D eigenvalue weighted by molar-refractivity contribution is 5.54. The largest absolute Gasteiger partial charge is 0.392 e. The Bertz CT molecular complexity index is 406. The molecule has 0 amide bonds. The molecular formula is C11H13N3O. The first-order chi connectivity index (χ1) is 7.27. The van der Waals surface area contributed by atoms with Crippen LogP contribution in [0, 0.1) is 6.92 Å². The lowest BCUT2D eigenvalue weighted by atomic mass is 10.1. The fourth-order valence-electron chi connectivity index (χ4n) is 1.29. The van der Waals surface area contributed by atoms with E-state index in [1.54, 1.807) is 6.08 Å². The van der Waals surface area contributed by atoms with Gasteiger partial charge in [0.1, 0.15) is 0 Å². The maximum absolute atomic E-state index is 8.93. The van der Waals surface area contributed by atoms with Gasteiger partial charge in [-0.25, -0.2) is 0 Å². The van der Waals surface area contributed by atoms with Gasteiger partial charge in [-0.3, -0.25) is 0 Å². The molecule has 0 saturated heterocycles. The van der Waals surface area contributed by atoms with Gasteiger partial charge in [-0.2, -0.15) is 0 Å². The Kier molecular flexibility index (Phi) is 4.41. The number of nitrogens with zero attached hydrogens (tertiary/aromatic N) is 3. The first-order valence-corrected chi connectivity index (χ1v) is 4.65. The van der Waals surface area contributed by atoms with Gasteiger partial charge >= 0.3 is 0 Å². The van der Waals surface area contributed by atoms with Crippen LogP contribution in [-0.2, 0) is 6.61 Å². The van der Waals surface area contributed by atoms with Crippen LogP contribution in [0.25, 0.3) is 16.5 Å². The summed E-state index contributed by atoms with van der Waals surface area (Å²) in [4.78, 5) is 2.66. The van der Waals surface area contributed by atoms with Crippen molar-refractivity contribution in [2.45, 2.75) is 13.5 Å². The third-order valence-electron chi connectivity index (χ3n) is 2.06. The number of hydrogen-bond donors (Lipinski definition) is 1. The number of rotatable bonds is 4. The molecule has 1 aromatic rings. The summed E-state index contributed by atoms with van der Waals surface area (Å²) in [6.07, 6.45) is 3.71. The molecule has 0 unspecified atom stereocenters. The molecule has 0 saturated carbocycles. The first-order valence-electron chi connectivity index (χ1n) is 4.65. The quantitative estimate of drug-likeness (QED) is 0.456. The predicted molar refractivity (Wildman–Crippen MR) is 60.1 cm³/mol. The molecule has 0 aliphatic heterocycles. The zero-order valence-electron chi connectivity index (χ0n) is 8.59. The molecule has 15 heavy (non-hydrogen) atoms. The Morgan fingerprint density at radius 2 is 2.33 bits per heavy atom. The van der Waals surface area contributed by atoms with Crippen molar-refractivity contribution in [1.29, 1.82) is 0 Å². The third kappa shape index (κ3) is 3.46. The minimum atomic E-state index is 0.0591. The standard InChI is InChI=1S/C11H13N3O/c1-9-7-10(8-15)4-5-11(9)3-2-6-13-14-12/h2-5,7,15H,6,8H2,1H3. The van der Waals surface area contributed by atoms with Crippen molar-refractivity contribution in [1.82, 2.24) is 0 Å². The average Bonchev–Trinajstić information content (AvgIpc) is 2.26. The van der Waals surface area contributed by atoms with E-state index < -0.39 is 0 Å². The minimum Gasteiger partial charge on any atom is -0.392 e. The molecule has 0 radical (unpaired) electrons. The fraction of sp³-hybridized carbons (Fsp3) is 0.273. The Morgan fingerprint density at radius 1 is 1.53 bits per heavy atom. The number of hydrogen-bond acceptors (Lipinski definition) is 2. The van der Waals surface area contributed by atoms with Crippen molar-refractivity contribution in [3.63, 3.8) is 0 Å². The maximum atomic E-state index is 8.93. The number of aliphatic hydroxyl groups excluding tert-OH is 1. The van der Waals surface area contributed by atoms with E-state index in [1.165, 1.54) is 0 Å². The summed E-state index contributed by atoms with van der Waals surface area (Å²) in [5, 5.41) is 12.3. The van der Waals surface area contributed by atoms with Gasteiger partial charge in [0, 0.05) is 11.5 Å². The lowest BCUT2D eigenvalue weighted by molar-refractivity contribution is 0.282. The van der Waals surface area contributed by atoms with Gasteiger partial charge in [-0.15, -0.1) is 0 Å². The van der Waals surface area contributed by atoms with Crippen LogP contribution in [0.5, 0.6) is 0 Å². The second kappa shape index (κ2) is 5.86. The van der Waals surface area contributed by atoms with Crippen LogP contribution in [-0.4, -0.2) is 11.7 Å². The summed E-state index contributed by atoms with van der Waals surface area (Å²) in [6, 6.07) is 5.75. The van der Waals surface area contributed by atoms with Gasteiger partial charge in [0.15, 0.2) is 0 Å². The van der Waals surface area contributed by atoms with E-state index in [0.29, 0.717) is 6.54 Å². The van der Waals surface area contributed by atoms with Crippen molar-refractivity contribution in [2.24, 2.45) is 5.11 Å². The molecule has 4 heteroatoms. The van der Waals surface area contributed by atoms with E-state index in [9.17, 15) is 0 Å². The normalized spacial score (nSPS) is 10.3. The molecule has 0 atom stereocenters. The van der Waals surface area contributed by atoms with E-state index in [-0.39, 0.29) is 6.61 Å².